The first kappa shape index (κ1) is 11.6. The van der Waals surface area contributed by atoms with Crippen molar-refractivity contribution < 1.29 is 4.79 Å². The molecule has 0 spiro atoms. The molecule has 2 heterocycles. The number of nitrogens with zero attached hydrogens (tertiary/aromatic N) is 3. The summed E-state index contributed by atoms with van der Waals surface area (Å²) >= 11 is 1.34. The molecule has 0 fully saturated rings. The summed E-state index contributed by atoms with van der Waals surface area (Å²) in [5, 5.41) is 6.13. The first-order valence-electron chi connectivity index (χ1n) is 4.97. The second-order valence-electron chi connectivity index (χ2n) is 3.17. The van der Waals surface area contributed by atoms with Gasteiger partial charge in [0.25, 0.3) is 0 Å². The number of amides is 1. The van der Waals surface area contributed by atoms with E-state index in [1.165, 1.54) is 11.8 Å². The zero-order valence-corrected chi connectivity index (χ0v) is 10.3. The lowest BCUT2D eigenvalue weighted by atomic mass is 10.5. The molecule has 8 heteroatoms. The van der Waals surface area contributed by atoms with Gasteiger partial charge in [0.05, 0.1) is 12.1 Å². The SMILES string of the molecule is CNC(=O)CSc1nc(NC)nc2nc[nH]c12. The Balaban J connectivity index is 2.30. The molecule has 2 rings (SSSR count). The van der Waals surface area contributed by atoms with Crippen LogP contribution < -0.4 is 10.6 Å². The number of fused-ring (bicyclic) bond motifs is 1. The van der Waals surface area contributed by atoms with E-state index in [0.717, 1.165) is 5.52 Å². The number of imidazole rings is 1. The maximum Gasteiger partial charge on any atom is 0.230 e. The Morgan fingerprint density at radius 2 is 2.29 bits per heavy atom. The van der Waals surface area contributed by atoms with Gasteiger partial charge in [0.15, 0.2) is 5.65 Å². The summed E-state index contributed by atoms with van der Waals surface area (Å²) < 4.78 is 0. The van der Waals surface area contributed by atoms with Crippen LogP contribution in [-0.4, -0.2) is 45.7 Å². The molecule has 2 aromatic heterocycles. The lowest BCUT2D eigenvalue weighted by molar-refractivity contribution is -0.118. The van der Waals surface area contributed by atoms with Gasteiger partial charge in [-0.1, -0.05) is 11.8 Å². The van der Waals surface area contributed by atoms with Crippen molar-refractivity contribution in [1.82, 2.24) is 25.3 Å². The quantitative estimate of drug-likeness (QED) is 0.532. The Morgan fingerprint density at radius 3 is 3.00 bits per heavy atom. The van der Waals surface area contributed by atoms with Crippen LogP contribution in [0, 0.1) is 0 Å². The molecular weight excluding hydrogens is 240 g/mol. The molecule has 0 aliphatic carbocycles. The summed E-state index contributed by atoms with van der Waals surface area (Å²) in [5.74, 6) is 0.751. The van der Waals surface area contributed by atoms with Crippen molar-refractivity contribution in [2.24, 2.45) is 0 Å². The minimum absolute atomic E-state index is 0.0488. The number of carbonyl (C=O) groups is 1. The molecule has 0 aliphatic rings. The number of anilines is 1. The molecule has 0 aliphatic heterocycles. The van der Waals surface area contributed by atoms with Crippen molar-refractivity contribution in [3.63, 3.8) is 0 Å². The van der Waals surface area contributed by atoms with Crippen LogP contribution >= 0.6 is 11.8 Å². The number of hydrogen-bond donors (Lipinski definition) is 3. The monoisotopic (exact) mass is 252 g/mol. The Morgan fingerprint density at radius 1 is 1.47 bits per heavy atom. The van der Waals surface area contributed by atoms with Gasteiger partial charge in [-0.25, -0.2) is 9.97 Å². The lowest BCUT2D eigenvalue weighted by Gasteiger charge is -2.04. The van der Waals surface area contributed by atoms with Crippen LogP contribution in [0.25, 0.3) is 11.2 Å². The molecule has 3 N–H and O–H groups in total. The smallest absolute Gasteiger partial charge is 0.230 e. The zero-order chi connectivity index (χ0) is 12.3. The van der Waals surface area contributed by atoms with E-state index in [1.807, 2.05) is 0 Å². The molecule has 7 nitrogen and oxygen atoms in total. The third-order valence-electron chi connectivity index (χ3n) is 2.09. The fourth-order valence-corrected chi connectivity index (χ4v) is 2.09. The summed E-state index contributed by atoms with van der Waals surface area (Å²) in [6.45, 7) is 0. The van der Waals surface area contributed by atoms with Crippen molar-refractivity contribution in [3.05, 3.63) is 6.33 Å². The molecule has 0 bridgehead atoms. The Hall–Kier alpha value is -1.83. The molecule has 17 heavy (non-hydrogen) atoms. The Bertz CT molecular complexity index is 539. The van der Waals surface area contributed by atoms with E-state index in [4.69, 9.17) is 0 Å². The first-order chi connectivity index (χ1) is 8.24. The molecule has 0 radical (unpaired) electrons. The number of thioether (sulfide) groups is 1. The third kappa shape index (κ3) is 2.47. The third-order valence-corrected chi connectivity index (χ3v) is 3.07. The van der Waals surface area contributed by atoms with Gasteiger partial charge in [0, 0.05) is 14.1 Å². The highest BCUT2D eigenvalue weighted by Gasteiger charge is 2.11. The second kappa shape index (κ2) is 5.00. The van der Waals surface area contributed by atoms with Gasteiger partial charge >= 0.3 is 0 Å². The maximum atomic E-state index is 11.2. The van der Waals surface area contributed by atoms with Crippen molar-refractivity contribution in [3.8, 4) is 0 Å². The van der Waals surface area contributed by atoms with Crippen LogP contribution in [0.4, 0.5) is 5.95 Å². The van der Waals surface area contributed by atoms with Gasteiger partial charge < -0.3 is 15.6 Å². The van der Waals surface area contributed by atoms with Gasteiger partial charge in [-0.2, -0.15) is 4.98 Å². The van der Waals surface area contributed by atoms with Gasteiger partial charge in [0.2, 0.25) is 11.9 Å². The predicted molar refractivity (Wildman–Crippen MR) is 66.0 cm³/mol. The highest BCUT2D eigenvalue weighted by molar-refractivity contribution is 8.00. The molecule has 0 unspecified atom stereocenters. The van der Waals surface area contributed by atoms with E-state index >= 15 is 0 Å². The van der Waals surface area contributed by atoms with Gasteiger partial charge in [0.1, 0.15) is 10.5 Å². The highest BCUT2D eigenvalue weighted by atomic mass is 32.2. The molecule has 2 aromatic rings. The van der Waals surface area contributed by atoms with Gasteiger partial charge in [-0.15, -0.1) is 0 Å². The van der Waals surface area contributed by atoms with Crippen LogP contribution in [0.5, 0.6) is 0 Å². The van der Waals surface area contributed by atoms with Crippen molar-refractivity contribution >= 4 is 34.8 Å². The van der Waals surface area contributed by atoms with E-state index in [-0.39, 0.29) is 5.91 Å². The molecule has 0 atom stereocenters. The fourth-order valence-electron chi connectivity index (χ4n) is 1.23. The highest BCUT2D eigenvalue weighted by Crippen LogP contribution is 2.23. The number of aromatic nitrogens is 4. The lowest BCUT2D eigenvalue weighted by Crippen LogP contribution is -2.19. The van der Waals surface area contributed by atoms with Crippen molar-refractivity contribution in [2.45, 2.75) is 5.03 Å². The van der Waals surface area contributed by atoms with E-state index in [0.29, 0.717) is 22.4 Å². The molecule has 1 amide bonds. The van der Waals surface area contributed by atoms with Crippen LogP contribution in [-0.2, 0) is 4.79 Å². The number of rotatable bonds is 4. The molecule has 0 saturated heterocycles. The van der Waals surface area contributed by atoms with Gasteiger partial charge in [-0.05, 0) is 0 Å². The minimum atomic E-state index is -0.0488. The van der Waals surface area contributed by atoms with Crippen LogP contribution in [0.15, 0.2) is 11.4 Å². The van der Waals surface area contributed by atoms with Gasteiger partial charge in [-0.3, -0.25) is 4.79 Å². The minimum Gasteiger partial charge on any atom is -0.358 e. The molecule has 0 aromatic carbocycles. The molecule has 90 valence electrons. The number of carbonyl (C=O) groups excluding carboxylic acids is 1. The fraction of sp³-hybridized carbons (Fsp3) is 0.333. The van der Waals surface area contributed by atoms with Crippen molar-refractivity contribution in [1.29, 1.82) is 0 Å². The summed E-state index contributed by atoms with van der Waals surface area (Å²) in [6.07, 6.45) is 1.56. The normalized spacial score (nSPS) is 10.5. The number of hydrogen-bond acceptors (Lipinski definition) is 6. The maximum absolute atomic E-state index is 11.2. The number of nitrogens with one attached hydrogen (secondary N) is 3. The van der Waals surface area contributed by atoms with E-state index < -0.39 is 0 Å². The van der Waals surface area contributed by atoms with E-state index in [1.54, 1.807) is 20.4 Å². The largest absolute Gasteiger partial charge is 0.358 e. The number of H-pyrrole nitrogens is 1. The van der Waals surface area contributed by atoms with Crippen LogP contribution in [0.3, 0.4) is 0 Å². The Labute approximate surface area is 102 Å². The van der Waals surface area contributed by atoms with Crippen LogP contribution in [0.1, 0.15) is 0 Å². The standard InChI is InChI=1S/C9H12N6OS/c1-10-5(16)3-17-8-6-7(13-4-12-6)14-9(11-2)15-8/h4H,3H2,1-2H3,(H,10,16)(H2,11,12,13,14,15). The predicted octanol–water partition coefficient (Wildman–Crippen LogP) is 0.233. The zero-order valence-electron chi connectivity index (χ0n) is 9.44. The average Bonchev–Trinajstić information content (AvgIpc) is 2.83. The van der Waals surface area contributed by atoms with E-state index in [2.05, 4.69) is 30.6 Å². The number of aromatic amines is 1. The van der Waals surface area contributed by atoms with Crippen molar-refractivity contribution in [2.75, 3.05) is 25.2 Å². The summed E-state index contributed by atoms with van der Waals surface area (Å²) in [5.41, 5.74) is 1.33. The second-order valence-corrected chi connectivity index (χ2v) is 4.13. The first-order valence-corrected chi connectivity index (χ1v) is 5.95. The summed E-state index contributed by atoms with van der Waals surface area (Å²) in [7, 11) is 3.34. The topological polar surface area (TPSA) is 95.6 Å². The average molecular weight is 252 g/mol. The molecular formula is C9H12N6OS. The van der Waals surface area contributed by atoms with E-state index in [9.17, 15) is 4.79 Å². The molecule has 0 saturated carbocycles. The summed E-state index contributed by atoms with van der Waals surface area (Å²) in [6, 6.07) is 0. The Kier molecular flexibility index (Phi) is 3.43. The van der Waals surface area contributed by atoms with Crippen LogP contribution in [0.2, 0.25) is 0 Å². The summed E-state index contributed by atoms with van der Waals surface area (Å²) in [4.78, 5) is 26.7.